The summed E-state index contributed by atoms with van der Waals surface area (Å²) in [7, 11) is 0. The third kappa shape index (κ3) is 3.95. The average molecular weight is 359 g/mol. The third-order valence-corrected chi connectivity index (χ3v) is 4.07. The molecule has 120 valence electrons. The number of aromatic nitrogens is 2. The van der Waals surface area contributed by atoms with Crippen LogP contribution < -0.4 is 10.6 Å². The van der Waals surface area contributed by atoms with E-state index in [0.29, 0.717) is 16.1 Å². The molecule has 2 aromatic heterocycles. The fourth-order valence-electron chi connectivity index (χ4n) is 1.91. The second kappa shape index (κ2) is 7.20. The number of carbonyl (C=O) groups excluding carboxylic acids is 2. The first kappa shape index (κ1) is 16.1. The first-order chi connectivity index (χ1) is 11.6. The van der Waals surface area contributed by atoms with Crippen LogP contribution in [0, 0.1) is 0 Å². The topological polar surface area (TPSA) is 84.0 Å². The van der Waals surface area contributed by atoms with Crippen LogP contribution in [0.1, 0.15) is 20.0 Å². The van der Waals surface area contributed by atoms with Crippen molar-refractivity contribution < 1.29 is 9.59 Å². The van der Waals surface area contributed by atoms with Crippen LogP contribution in [0.15, 0.2) is 53.9 Å². The quantitative estimate of drug-likeness (QED) is 0.744. The Bertz CT molecular complexity index is 866. The smallest absolute Gasteiger partial charge is 0.265 e. The van der Waals surface area contributed by atoms with E-state index in [4.69, 9.17) is 11.6 Å². The molecule has 0 saturated carbocycles. The zero-order valence-corrected chi connectivity index (χ0v) is 13.8. The molecular formula is C16H11ClN4O2S. The number of halogens is 1. The van der Waals surface area contributed by atoms with Gasteiger partial charge in [0.2, 0.25) is 0 Å². The maximum atomic E-state index is 12.2. The van der Waals surface area contributed by atoms with Gasteiger partial charge in [0.15, 0.2) is 11.0 Å². The second-order valence-electron chi connectivity index (χ2n) is 4.71. The summed E-state index contributed by atoms with van der Waals surface area (Å²) >= 11 is 7.00. The molecule has 3 aromatic rings. The first-order valence-corrected chi connectivity index (χ1v) is 8.13. The normalized spacial score (nSPS) is 10.2. The molecule has 0 aliphatic heterocycles. The van der Waals surface area contributed by atoms with Gasteiger partial charge in [0.05, 0.1) is 4.88 Å². The summed E-state index contributed by atoms with van der Waals surface area (Å²) in [5, 5.41) is 14.9. The molecule has 0 saturated heterocycles. The van der Waals surface area contributed by atoms with Gasteiger partial charge in [0.1, 0.15) is 0 Å². The van der Waals surface area contributed by atoms with Crippen molar-refractivity contribution in [3.05, 3.63) is 69.5 Å². The van der Waals surface area contributed by atoms with E-state index in [-0.39, 0.29) is 22.8 Å². The van der Waals surface area contributed by atoms with E-state index in [0.717, 1.165) is 0 Å². The lowest BCUT2D eigenvalue weighted by Crippen LogP contribution is -2.15. The maximum Gasteiger partial charge on any atom is 0.265 e. The summed E-state index contributed by atoms with van der Waals surface area (Å²) in [5.41, 5.74) is 0.916. The van der Waals surface area contributed by atoms with Crippen molar-refractivity contribution in [3.63, 3.8) is 0 Å². The summed E-state index contributed by atoms with van der Waals surface area (Å²) in [6.45, 7) is 0. The van der Waals surface area contributed by atoms with Gasteiger partial charge in [-0.1, -0.05) is 23.7 Å². The molecule has 0 bridgehead atoms. The Balaban J connectivity index is 1.71. The maximum absolute atomic E-state index is 12.2. The van der Waals surface area contributed by atoms with Crippen molar-refractivity contribution in [3.8, 4) is 0 Å². The number of hydrogen-bond donors (Lipinski definition) is 2. The Kier molecular flexibility index (Phi) is 4.83. The van der Waals surface area contributed by atoms with Crippen LogP contribution in [0.25, 0.3) is 0 Å². The number of amides is 2. The van der Waals surface area contributed by atoms with Crippen LogP contribution in [-0.4, -0.2) is 22.0 Å². The molecule has 0 spiro atoms. The molecule has 6 nitrogen and oxygen atoms in total. The lowest BCUT2D eigenvalue weighted by molar-refractivity contribution is 0.101. The van der Waals surface area contributed by atoms with Gasteiger partial charge in [-0.15, -0.1) is 21.5 Å². The van der Waals surface area contributed by atoms with E-state index in [2.05, 4.69) is 20.8 Å². The van der Waals surface area contributed by atoms with E-state index in [1.165, 1.54) is 17.4 Å². The molecule has 2 heterocycles. The SMILES string of the molecule is O=C(Nc1ccc(Cl)nn1)c1cccc(NC(=O)c2cccs2)c1. The van der Waals surface area contributed by atoms with Gasteiger partial charge in [0.25, 0.3) is 11.8 Å². The number of hydrogen-bond acceptors (Lipinski definition) is 5. The fraction of sp³-hybridized carbons (Fsp3) is 0. The summed E-state index contributed by atoms with van der Waals surface area (Å²) in [5.74, 6) is -0.289. The molecule has 2 N–H and O–H groups in total. The van der Waals surface area contributed by atoms with E-state index in [1.54, 1.807) is 42.5 Å². The predicted octanol–water partition coefficient (Wildman–Crippen LogP) is 3.70. The third-order valence-electron chi connectivity index (χ3n) is 3.00. The molecule has 0 unspecified atom stereocenters. The highest BCUT2D eigenvalue weighted by atomic mass is 35.5. The lowest BCUT2D eigenvalue weighted by atomic mass is 10.2. The molecule has 0 fully saturated rings. The molecule has 2 amide bonds. The van der Waals surface area contributed by atoms with Crippen LogP contribution in [0.2, 0.25) is 5.15 Å². The summed E-state index contributed by atoms with van der Waals surface area (Å²) < 4.78 is 0. The minimum Gasteiger partial charge on any atom is -0.321 e. The summed E-state index contributed by atoms with van der Waals surface area (Å²) in [6, 6.07) is 13.2. The van der Waals surface area contributed by atoms with Crippen molar-refractivity contribution in [2.24, 2.45) is 0 Å². The number of rotatable bonds is 4. The number of benzene rings is 1. The van der Waals surface area contributed by atoms with E-state index in [9.17, 15) is 9.59 Å². The molecule has 0 radical (unpaired) electrons. The zero-order chi connectivity index (χ0) is 16.9. The molecule has 0 aliphatic carbocycles. The second-order valence-corrected chi connectivity index (χ2v) is 6.04. The Morgan fingerprint density at radius 3 is 2.54 bits per heavy atom. The van der Waals surface area contributed by atoms with E-state index < -0.39 is 0 Å². The van der Waals surface area contributed by atoms with Gasteiger partial charge in [0, 0.05) is 11.3 Å². The molecule has 8 heteroatoms. The Labute approximate surface area is 146 Å². The van der Waals surface area contributed by atoms with Crippen LogP contribution >= 0.6 is 22.9 Å². The van der Waals surface area contributed by atoms with E-state index in [1.807, 2.05) is 5.38 Å². The van der Waals surface area contributed by atoms with Crippen LogP contribution in [0.3, 0.4) is 0 Å². The van der Waals surface area contributed by atoms with Crippen molar-refractivity contribution in [2.75, 3.05) is 10.6 Å². The number of nitrogens with zero attached hydrogens (tertiary/aromatic N) is 2. The molecule has 24 heavy (non-hydrogen) atoms. The Morgan fingerprint density at radius 1 is 0.958 bits per heavy atom. The van der Waals surface area contributed by atoms with Crippen molar-refractivity contribution >= 4 is 46.3 Å². The van der Waals surface area contributed by atoms with Crippen LogP contribution in [-0.2, 0) is 0 Å². The molecule has 3 rings (SSSR count). The number of carbonyl (C=O) groups is 2. The summed E-state index contributed by atoms with van der Waals surface area (Å²) in [6.07, 6.45) is 0. The van der Waals surface area contributed by atoms with Crippen molar-refractivity contribution in [1.82, 2.24) is 10.2 Å². The minimum atomic E-state index is -0.362. The predicted molar refractivity (Wildman–Crippen MR) is 93.7 cm³/mol. The van der Waals surface area contributed by atoms with Gasteiger partial charge >= 0.3 is 0 Å². The monoisotopic (exact) mass is 358 g/mol. The standard InChI is InChI=1S/C16H11ClN4O2S/c17-13-6-7-14(21-20-13)19-15(22)10-3-1-4-11(9-10)18-16(23)12-5-2-8-24-12/h1-9H,(H,18,23)(H,19,21,22). The average Bonchev–Trinajstić information content (AvgIpc) is 3.12. The largest absolute Gasteiger partial charge is 0.321 e. The highest BCUT2D eigenvalue weighted by molar-refractivity contribution is 7.12. The van der Waals surface area contributed by atoms with Crippen molar-refractivity contribution in [2.45, 2.75) is 0 Å². The zero-order valence-electron chi connectivity index (χ0n) is 12.2. The fourth-order valence-corrected chi connectivity index (χ4v) is 2.63. The van der Waals surface area contributed by atoms with Gasteiger partial charge in [-0.3, -0.25) is 9.59 Å². The van der Waals surface area contributed by atoms with Crippen molar-refractivity contribution in [1.29, 1.82) is 0 Å². The number of nitrogens with one attached hydrogen (secondary N) is 2. The molecule has 0 atom stereocenters. The lowest BCUT2D eigenvalue weighted by Gasteiger charge is -2.07. The minimum absolute atomic E-state index is 0.217. The van der Waals surface area contributed by atoms with Gasteiger partial charge in [-0.2, -0.15) is 0 Å². The Hall–Kier alpha value is -2.77. The highest BCUT2D eigenvalue weighted by Crippen LogP contribution is 2.16. The van der Waals surface area contributed by atoms with Crippen LogP contribution in [0.4, 0.5) is 11.5 Å². The van der Waals surface area contributed by atoms with Gasteiger partial charge < -0.3 is 10.6 Å². The highest BCUT2D eigenvalue weighted by Gasteiger charge is 2.10. The molecule has 1 aromatic carbocycles. The van der Waals surface area contributed by atoms with Gasteiger partial charge in [-0.25, -0.2) is 0 Å². The number of thiophene rings is 1. The molecule has 0 aliphatic rings. The first-order valence-electron chi connectivity index (χ1n) is 6.87. The summed E-state index contributed by atoms with van der Waals surface area (Å²) in [4.78, 5) is 24.9. The Morgan fingerprint density at radius 2 is 1.83 bits per heavy atom. The number of anilines is 2. The molecular weight excluding hydrogens is 348 g/mol. The van der Waals surface area contributed by atoms with E-state index >= 15 is 0 Å². The van der Waals surface area contributed by atoms with Crippen LogP contribution in [0.5, 0.6) is 0 Å². The van der Waals surface area contributed by atoms with Gasteiger partial charge in [-0.05, 0) is 41.8 Å².